The fourth-order valence-electron chi connectivity index (χ4n) is 3.36. The monoisotopic (exact) mass is 452 g/mol. The molecular formula is C21H32N4O5S. The predicted octanol–water partition coefficient (Wildman–Crippen LogP) is 1.67. The van der Waals surface area contributed by atoms with Crippen LogP contribution in [-0.4, -0.2) is 60.1 Å². The van der Waals surface area contributed by atoms with Crippen molar-refractivity contribution in [1.29, 1.82) is 0 Å². The van der Waals surface area contributed by atoms with E-state index < -0.39 is 16.1 Å². The zero-order valence-corrected chi connectivity index (χ0v) is 18.9. The highest BCUT2D eigenvalue weighted by atomic mass is 32.2. The second kappa shape index (κ2) is 11.5. The van der Waals surface area contributed by atoms with Crippen LogP contribution in [0.5, 0.6) is 0 Å². The maximum absolute atomic E-state index is 11.8. The van der Waals surface area contributed by atoms with Gasteiger partial charge in [0, 0.05) is 24.4 Å². The Bertz CT molecular complexity index is 937. The molecule has 0 bridgehead atoms. The van der Waals surface area contributed by atoms with E-state index in [4.69, 9.17) is 5.11 Å². The minimum atomic E-state index is -3.49. The van der Waals surface area contributed by atoms with Gasteiger partial charge in [0.1, 0.15) is 0 Å². The Balaban J connectivity index is 2.04. The van der Waals surface area contributed by atoms with E-state index in [2.05, 4.69) is 26.9 Å². The van der Waals surface area contributed by atoms with E-state index in [9.17, 15) is 18.6 Å². The Morgan fingerprint density at radius 1 is 1.10 bits per heavy atom. The molecule has 0 aliphatic carbocycles. The van der Waals surface area contributed by atoms with Crippen molar-refractivity contribution in [3.05, 3.63) is 41.7 Å². The SMILES string of the molecule is CNS(=O)(=O)c1ccc(Nc2ncc(C)c([C@@H](C)CCCC(CO)[C@H](O)CO)n2)cc1. The molecule has 10 heteroatoms. The average molecular weight is 453 g/mol. The number of rotatable bonds is 12. The summed E-state index contributed by atoms with van der Waals surface area (Å²) in [6, 6.07) is 6.31. The summed E-state index contributed by atoms with van der Waals surface area (Å²) in [6.07, 6.45) is 3.03. The predicted molar refractivity (Wildman–Crippen MR) is 119 cm³/mol. The summed E-state index contributed by atoms with van der Waals surface area (Å²) in [6.45, 7) is 3.49. The molecular weight excluding hydrogens is 420 g/mol. The highest BCUT2D eigenvalue weighted by Crippen LogP contribution is 2.26. The van der Waals surface area contributed by atoms with Gasteiger partial charge in [-0.15, -0.1) is 0 Å². The summed E-state index contributed by atoms with van der Waals surface area (Å²) in [4.78, 5) is 9.12. The molecule has 2 rings (SSSR count). The first-order chi connectivity index (χ1) is 14.7. The Kier molecular flexibility index (Phi) is 9.32. The van der Waals surface area contributed by atoms with Crippen molar-refractivity contribution < 1.29 is 23.7 Å². The van der Waals surface area contributed by atoms with Gasteiger partial charge >= 0.3 is 0 Å². The first kappa shape index (κ1) is 25.2. The lowest BCUT2D eigenvalue weighted by molar-refractivity contribution is 0.0181. The van der Waals surface area contributed by atoms with Gasteiger partial charge in [-0.05, 0) is 62.6 Å². The standard InChI is InChI=1S/C21H32N4O5S/c1-14(5-4-6-16(12-26)19(28)13-27)20-15(2)11-23-21(25-20)24-17-7-9-18(10-8-17)31(29,30)22-3/h7-11,14,16,19,22,26-28H,4-6,12-13H2,1-3H3,(H,23,24,25)/t14-,16?,19+/m0/s1. The lowest BCUT2D eigenvalue weighted by Crippen LogP contribution is -2.27. The van der Waals surface area contributed by atoms with E-state index in [0.717, 1.165) is 24.1 Å². The number of anilines is 2. The number of hydrogen-bond acceptors (Lipinski definition) is 8. The molecule has 0 aliphatic heterocycles. The fraction of sp³-hybridized carbons (Fsp3) is 0.524. The molecule has 0 spiro atoms. The number of aliphatic hydroxyl groups excluding tert-OH is 3. The summed E-state index contributed by atoms with van der Waals surface area (Å²) in [7, 11) is -2.13. The molecule has 0 amide bonds. The number of aliphatic hydroxyl groups is 3. The molecule has 1 unspecified atom stereocenters. The third kappa shape index (κ3) is 6.94. The van der Waals surface area contributed by atoms with Crippen molar-refractivity contribution in [2.24, 2.45) is 5.92 Å². The number of sulfonamides is 1. The van der Waals surface area contributed by atoms with Crippen LogP contribution < -0.4 is 10.0 Å². The normalized spacial score (nSPS) is 14.8. The number of nitrogens with zero attached hydrogens (tertiary/aromatic N) is 2. The van der Waals surface area contributed by atoms with Gasteiger partial charge in [0.25, 0.3) is 0 Å². The van der Waals surface area contributed by atoms with Gasteiger partial charge in [-0.3, -0.25) is 0 Å². The Morgan fingerprint density at radius 2 is 1.77 bits per heavy atom. The van der Waals surface area contributed by atoms with Crippen molar-refractivity contribution in [2.45, 2.75) is 50.0 Å². The molecule has 0 saturated carbocycles. The van der Waals surface area contributed by atoms with Crippen LogP contribution in [0.4, 0.5) is 11.6 Å². The van der Waals surface area contributed by atoms with Crippen molar-refractivity contribution in [3.8, 4) is 0 Å². The second-order valence-corrected chi connectivity index (χ2v) is 9.53. The Labute approximate surface area is 183 Å². The average Bonchev–Trinajstić information content (AvgIpc) is 2.77. The quantitative estimate of drug-likeness (QED) is 0.327. The zero-order chi connectivity index (χ0) is 23.0. The van der Waals surface area contributed by atoms with Gasteiger partial charge in [0.05, 0.1) is 23.3 Å². The molecule has 1 heterocycles. The third-order valence-corrected chi connectivity index (χ3v) is 6.78. The van der Waals surface area contributed by atoms with Gasteiger partial charge in [0.15, 0.2) is 0 Å². The summed E-state index contributed by atoms with van der Waals surface area (Å²) >= 11 is 0. The Morgan fingerprint density at radius 3 is 2.35 bits per heavy atom. The van der Waals surface area contributed by atoms with E-state index in [1.807, 2.05) is 6.92 Å². The number of benzene rings is 1. The first-order valence-corrected chi connectivity index (χ1v) is 11.7. The van der Waals surface area contributed by atoms with Crippen LogP contribution in [0.15, 0.2) is 35.4 Å². The molecule has 172 valence electrons. The summed E-state index contributed by atoms with van der Waals surface area (Å²) in [5.74, 6) is 0.216. The zero-order valence-electron chi connectivity index (χ0n) is 18.1. The molecule has 0 saturated heterocycles. The number of aryl methyl sites for hydroxylation is 1. The molecule has 1 aromatic heterocycles. The van der Waals surface area contributed by atoms with E-state index >= 15 is 0 Å². The van der Waals surface area contributed by atoms with Crippen LogP contribution in [0.3, 0.4) is 0 Å². The molecule has 31 heavy (non-hydrogen) atoms. The number of aromatic nitrogens is 2. The summed E-state index contributed by atoms with van der Waals surface area (Å²) < 4.78 is 25.9. The van der Waals surface area contributed by atoms with Crippen molar-refractivity contribution >= 4 is 21.7 Å². The fourth-order valence-corrected chi connectivity index (χ4v) is 4.09. The molecule has 3 atom stereocenters. The van der Waals surface area contributed by atoms with Crippen molar-refractivity contribution in [2.75, 3.05) is 25.6 Å². The highest BCUT2D eigenvalue weighted by molar-refractivity contribution is 7.89. The lowest BCUT2D eigenvalue weighted by atomic mass is 9.92. The van der Waals surface area contributed by atoms with Crippen LogP contribution in [0.1, 0.15) is 43.4 Å². The second-order valence-electron chi connectivity index (χ2n) is 7.64. The minimum absolute atomic E-state index is 0.136. The van der Waals surface area contributed by atoms with Crippen molar-refractivity contribution in [3.63, 3.8) is 0 Å². The lowest BCUT2D eigenvalue weighted by Gasteiger charge is -2.20. The van der Waals surface area contributed by atoms with E-state index in [1.54, 1.807) is 18.3 Å². The van der Waals surface area contributed by atoms with Crippen LogP contribution in [-0.2, 0) is 10.0 Å². The number of hydrogen-bond donors (Lipinski definition) is 5. The van der Waals surface area contributed by atoms with E-state index in [0.29, 0.717) is 18.1 Å². The molecule has 9 nitrogen and oxygen atoms in total. The maximum atomic E-state index is 11.8. The first-order valence-electron chi connectivity index (χ1n) is 10.3. The molecule has 0 radical (unpaired) electrons. The largest absolute Gasteiger partial charge is 0.396 e. The van der Waals surface area contributed by atoms with Gasteiger partial charge in [-0.1, -0.05) is 13.3 Å². The smallest absolute Gasteiger partial charge is 0.240 e. The minimum Gasteiger partial charge on any atom is -0.396 e. The van der Waals surface area contributed by atoms with Crippen LogP contribution >= 0.6 is 0 Å². The topological polar surface area (TPSA) is 145 Å². The van der Waals surface area contributed by atoms with E-state index in [-0.39, 0.29) is 29.9 Å². The molecule has 0 fully saturated rings. The molecule has 2 aromatic rings. The van der Waals surface area contributed by atoms with Crippen LogP contribution in [0.2, 0.25) is 0 Å². The molecule has 0 aliphatic rings. The van der Waals surface area contributed by atoms with Gasteiger partial charge in [0.2, 0.25) is 16.0 Å². The number of nitrogens with one attached hydrogen (secondary N) is 2. The summed E-state index contributed by atoms with van der Waals surface area (Å²) in [5, 5.41) is 31.2. The van der Waals surface area contributed by atoms with Gasteiger partial charge in [-0.25, -0.2) is 23.1 Å². The van der Waals surface area contributed by atoms with Crippen molar-refractivity contribution in [1.82, 2.24) is 14.7 Å². The highest BCUT2D eigenvalue weighted by Gasteiger charge is 2.19. The van der Waals surface area contributed by atoms with Crippen LogP contribution in [0, 0.1) is 12.8 Å². The van der Waals surface area contributed by atoms with Crippen LogP contribution in [0.25, 0.3) is 0 Å². The van der Waals surface area contributed by atoms with E-state index in [1.165, 1.54) is 19.2 Å². The van der Waals surface area contributed by atoms with Gasteiger partial charge < -0.3 is 20.6 Å². The summed E-state index contributed by atoms with van der Waals surface area (Å²) in [5.41, 5.74) is 2.53. The molecule has 5 N–H and O–H groups in total. The van der Waals surface area contributed by atoms with Gasteiger partial charge in [-0.2, -0.15) is 0 Å². The third-order valence-electron chi connectivity index (χ3n) is 5.34. The molecule has 1 aromatic carbocycles. The maximum Gasteiger partial charge on any atom is 0.240 e. The Hall–Kier alpha value is -2.11.